The van der Waals surface area contributed by atoms with Crippen molar-refractivity contribution in [2.45, 2.75) is 91.6 Å². The highest BCUT2D eigenvalue weighted by Crippen LogP contribution is 2.51. The van der Waals surface area contributed by atoms with Crippen molar-refractivity contribution in [3.05, 3.63) is 47.7 Å². The molecular formula is C28H42NO7P. The van der Waals surface area contributed by atoms with Gasteiger partial charge in [-0.2, -0.15) is 0 Å². The maximum Gasteiger partial charge on any atom is 0.424 e. The van der Waals surface area contributed by atoms with E-state index in [9.17, 15) is 14.2 Å². The number of hydrogen-bond donors (Lipinski definition) is 1. The van der Waals surface area contributed by atoms with Gasteiger partial charge in [-0.05, 0) is 77.5 Å². The lowest BCUT2D eigenvalue weighted by Gasteiger charge is -2.27. The average molecular weight is 536 g/mol. The molecule has 2 unspecified atom stereocenters. The van der Waals surface area contributed by atoms with Crippen LogP contribution in [0.2, 0.25) is 0 Å². The summed E-state index contributed by atoms with van der Waals surface area (Å²) < 4.78 is 36.1. The van der Waals surface area contributed by atoms with Gasteiger partial charge in [0.05, 0.1) is 19.0 Å². The summed E-state index contributed by atoms with van der Waals surface area (Å²) in [7, 11) is -4.36. The van der Waals surface area contributed by atoms with Gasteiger partial charge in [-0.3, -0.25) is 4.79 Å². The van der Waals surface area contributed by atoms with Gasteiger partial charge >= 0.3 is 19.2 Å². The minimum absolute atomic E-state index is 0.0667. The molecule has 9 heteroatoms. The molecule has 0 aromatic heterocycles. The van der Waals surface area contributed by atoms with Gasteiger partial charge in [0.15, 0.2) is 0 Å². The smallest absolute Gasteiger partial charge is 0.424 e. The zero-order valence-corrected chi connectivity index (χ0v) is 23.7. The number of carbonyl (C=O) groups is 2. The Morgan fingerprint density at radius 1 is 1.22 bits per heavy atom. The van der Waals surface area contributed by atoms with E-state index in [0.29, 0.717) is 11.3 Å². The second-order valence-electron chi connectivity index (χ2n) is 9.47. The molecule has 206 valence electrons. The number of hydrogen-bond acceptors (Lipinski definition) is 7. The zero-order valence-electron chi connectivity index (χ0n) is 22.8. The van der Waals surface area contributed by atoms with Crippen LogP contribution in [0.4, 0.5) is 4.79 Å². The van der Waals surface area contributed by atoms with Gasteiger partial charge in [0, 0.05) is 11.5 Å². The lowest BCUT2D eigenvalue weighted by molar-refractivity contribution is -0.141. The Morgan fingerprint density at radius 3 is 2.57 bits per heavy atom. The number of carbonyl (C=O) groups excluding carboxylic acids is 2. The lowest BCUT2D eigenvalue weighted by Crippen LogP contribution is -2.29. The van der Waals surface area contributed by atoms with Crippen molar-refractivity contribution in [1.82, 2.24) is 5.09 Å². The largest absolute Gasteiger partial charge is 0.465 e. The minimum Gasteiger partial charge on any atom is -0.465 e. The highest BCUT2D eigenvalue weighted by Gasteiger charge is 2.40. The van der Waals surface area contributed by atoms with Crippen LogP contribution >= 0.6 is 7.52 Å². The number of nitrogens with one attached hydrogen (secondary N) is 1. The van der Waals surface area contributed by atoms with Crippen molar-refractivity contribution in [3.63, 3.8) is 0 Å². The van der Waals surface area contributed by atoms with Crippen LogP contribution in [-0.4, -0.2) is 30.9 Å². The van der Waals surface area contributed by atoms with E-state index < -0.39 is 31.8 Å². The van der Waals surface area contributed by atoms with Crippen LogP contribution in [0.5, 0.6) is 11.5 Å². The normalized spacial score (nSPS) is 16.9. The molecule has 1 aliphatic carbocycles. The van der Waals surface area contributed by atoms with Gasteiger partial charge < -0.3 is 18.7 Å². The van der Waals surface area contributed by atoms with E-state index in [-0.39, 0.29) is 18.3 Å². The van der Waals surface area contributed by atoms with Crippen LogP contribution < -0.4 is 14.3 Å². The number of aryl methyl sites for hydroxylation is 1. The molecular weight excluding hydrogens is 493 g/mol. The molecule has 0 heterocycles. The number of allylic oxidation sites excluding steroid dienone is 2. The minimum atomic E-state index is -4.36. The summed E-state index contributed by atoms with van der Waals surface area (Å²) in [6.45, 7) is 12.6. The number of unbranched alkanes of at least 4 members (excludes halogenated alkanes) is 2. The summed E-state index contributed by atoms with van der Waals surface area (Å²) in [6, 6.07) is 3.78. The van der Waals surface area contributed by atoms with Gasteiger partial charge in [-0.1, -0.05) is 38.0 Å². The molecule has 1 N–H and O–H groups in total. The van der Waals surface area contributed by atoms with E-state index in [0.717, 1.165) is 50.5 Å². The maximum atomic E-state index is 14.0. The number of rotatable bonds is 15. The van der Waals surface area contributed by atoms with Crippen LogP contribution in [0.25, 0.3) is 0 Å². The quantitative estimate of drug-likeness (QED) is 0.0814. The highest BCUT2D eigenvalue weighted by molar-refractivity contribution is 7.74. The van der Waals surface area contributed by atoms with Crippen molar-refractivity contribution in [1.29, 1.82) is 0 Å². The fourth-order valence-corrected chi connectivity index (χ4v) is 5.65. The topological polar surface area (TPSA) is 100 Å². The highest BCUT2D eigenvalue weighted by atomic mass is 31.2. The van der Waals surface area contributed by atoms with Gasteiger partial charge in [0.2, 0.25) is 0 Å². The molecule has 0 bridgehead atoms. The van der Waals surface area contributed by atoms with E-state index in [1.165, 1.54) is 11.8 Å². The predicted molar refractivity (Wildman–Crippen MR) is 145 cm³/mol. The molecule has 37 heavy (non-hydrogen) atoms. The van der Waals surface area contributed by atoms with Gasteiger partial charge in [-0.15, -0.1) is 0 Å². The monoisotopic (exact) mass is 535 g/mol. The Labute approximate surface area is 221 Å². The van der Waals surface area contributed by atoms with Crippen molar-refractivity contribution in [2.24, 2.45) is 0 Å². The maximum absolute atomic E-state index is 14.0. The predicted octanol–water partition coefficient (Wildman–Crippen LogP) is 7.43. The third kappa shape index (κ3) is 9.35. The molecule has 1 aliphatic rings. The molecule has 2 rings (SSSR count). The van der Waals surface area contributed by atoms with Crippen molar-refractivity contribution in [3.8, 4) is 11.5 Å². The Hall–Kier alpha value is -2.57. The lowest BCUT2D eigenvalue weighted by atomic mass is 9.84. The Bertz CT molecular complexity index is 1020. The van der Waals surface area contributed by atoms with E-state index >= 15 is 0 Å². The van der Waals surface area contributed by atoms with Crippen LogP contribution in [0, 0.1) is 0 Å². The summed E-state index contributed by atoms with van der Waals surface area (Å²) in [6.07, 6.45) is 9.63. The summed E-state index contributed by atoms with van der Waals surface area (Å²) in [5.74, 6) is 0.0908. The second kappa shape index (κ2) is 15.0. The van der Waals surface area contributed by atoms with Gasteiger partial charge in [0.1, 0.15) is 18.0 Å². The molecule has 0 fully saturated rings. The van der Waals surface area contributed by atoms with E-state index in [1.54, 1.807) is 20.8 Å². The third-order valence-corrected chi connectivity index (χ3v) is 7.54. The molecule has 2 atom stereocenters. The number of benzene rings is 1. The first-order chi connectivity index (χ1) is 17.6. The van der Waals surface area contributed by atoms with Gasteiger partial charge in [0.25, 0.3) is 0 Å². The molecule has 0 spiro atoms. The Morgan fingerprint density at radius 2 is 1.95 bits per heavy atom. The molecule has 0 amide bonds. The molecule has 1 aromatic rings. The zero-order chi connectivity index (χ0) is 27.4. The first kappa shape index (κ1) is 30.7. The first-order valence-corrected chi connectivity index (χ1v) is 14.8. The molecule has 1 aromatic carbocycles. The molecule has 0 aliphatic heterocycles. The summed E-state index contributed by atoms with van der Waals surface area (Å²) in [5, 5.41) is 2.50. The molecule has 0 radical (unpaired) electrons. The molecule has 0 saturated carbocycles. The second-order valence-corrected chi connectivity index (χ2v) is 11.4. The van der Waals surface area contributed by atoms with Crippen LogP contribution in [0.3, 0.4) is 0 Å². The van der Waals surface area contributed by atoms with Crippen molar-refractivity contribution in [2.75, 3.05) is 13.2 Å². The molecule has 0 saturated heterocycles. The molecule has 8 nitrogen and oxygen atoms in total. The fraction of sp³-hybridized carbons (Fsp3) is 0.571. The standard InChI is InChI=1S/C28H42NO7P/c1-7-10-11-14-22-17-24(33-8-2)27(23-15-12-13-21(6)16-23)25(18-22)36-37(32,28(31)35-20(4)5)29-19-26(30)34-9-3/h8,16-18,20,23H,2,7,9-15,19H2,1,3-6H3,(H,29,32). The number of esters is 1. The van der Waals surface area contributed by atoms with Gasteiger partial charge in [-0.25, -0.2) is 14.4 Å². The van der Waals surface area contributed by atoms with E-state index in [4.69, 9.17) is 18.7 Å². The van der Waals surface area contributed by atoms with Crippen molar-refractivity contribution >= 4 is 19.2 Å². The van der Waals surface area contributed by atoms with E-state index in [2.05, 4.69) is 31.6 Å². The van der Waals surface area contributed by atoms with E-state index in [1.807, 2.05) is 12.1 Å². The van der Waals surface area contributed by atoms with Crippen molar-refractivity contribution < 1.29 is 32.9 Å². The Balaban J connectivity index is 2.61. The Kier molecular flexibility index (Phi) is 12.4. The van der Waals surface area contributed by atoms with Crippen LogP contribution in [-0.2, 0) is 25.3 Å². The summed E-state index contributed by atoms with van der Waals surface area (Å²) in [4.78, 5) is 25.0. The van der Waals surface area contributed by atoms with Crippen LogP contribution in [0.15, 0.2) is 36.6 Å². The summed E-state index contributed by atoms with van der Waals surface area (Å²) in [5.41, 5.74) is 1.79. The average Bonchev–Trinajstić information content (AvgIpc) is 2.83. The first-order valence-electron chi connectivity index (χ1n) is 13.2. The van der Waals surface area contributed by atoms with Crippen LogP contribution in [0.1, 0.15) is 90.2 Å². The SMILES string of the molecule is C=COc1cc(CCCCC)cc(OP(=O)(NCC(=O)OCC)C(=O)OC(C)C)c1C1C=C(C)CCC1. The third-order valence-electron chi connectivity index (χ3n) is 5.93. The summed E-state index contributed by atoms with van der Waals surface area (Å²) >= 11 is 0. The number of ether oxygens (including phenoxy) is 3. The fourth-order valence-electron chi connectivity index (χ4n) is 4.27.